The summed E-state index contributed by atoms with van der Waals surface area (Å²) in [5.74, 6) is 0.377. The van der Waals surface area contributed by atoms with Crippen LogP contribution in [0.1, 0.15) is 31.7 Å². The number of nitrogens with zero attached hydrogens (tertiary/aromatic N) is 1. The smallest absolute Gasteiger partial charge is 0.410 e. The zero-order valence-electron chi connectivity index (χ0n) is 12.1. The molecule has 110 valence electrons. The molecule has 1 aromatic rings. The second-order valence-electron chi connectivity index (χ2n) is 5.60. The summed E-state index contributed by atoms with van der Waals surface area (Å²) in [6.45, 7) is 3.84. The van der Waals surface area contributed by atoms with E-state index in [2.05, 4.69) is 0 Å². The van der Waals surface area contributed by atoms with Crippen molar-refractivity contribution in [2.24, 2.45) is 11.7 Å². The van der Waals surface area contributed by atoms with Gasteiger partial charge in [0, 0.05) is 19.1 Å². The molecule has 1 aliphatic rings. The number of benzene rings is 1. The summed E-state index contributed by atoms with van der Waals surface area (Å²) in [6.07, 6.45) is 3.04. The number of hydrogen-bond acceptors (Lipinski definition) is 3. The number of carbonyl (C=O) groups is 1. The standard InChI is InChI=1S/C16H24N2O2/c1-13(17)15-9-5-6-10-18(11-15)16(19)20-12-14-7-3-2-4-8-14/h2-4,7-8,13,15H,5-6,9-12,17H2,1H3. The molecule has 0 spiro atoms. The lowest BCUT2D eigenvalue weighted by Gasteiger charge is -2.25. The predicted molar refractivity (Wildman–Crippen MR) is 79.2 cm³/mol. The molecular weight excluding hydrogens is 252 g/mol. The summed E-state index contributed by atoms with van der Waals surface area (Å²) < 4.78 is 5.40. The van der Waals surface area contributed by atoms with Gasteiger partial charge in [0.15, 0.2) is 0 Å². The minimum Gasteiger partial charge on any atom is -0.445 e. The van der Waals surface area contributed by atoms with Gasteiger partial charge >= 0.3 is 6.09 Å². The Bertz CT molecular complexity index is 420. The maximum absolute atomic E-state index is 12.2. The first-order valence-electron chi connectivity index (χ1n) is 7.38. The second kappa shape index (κ2) is 7.29. The Kier molecular flexibility index (Phi) is 5.41. The number of amides is 1. The highest BCUT2D eigenvalue weighted by molar-refractivity contribution is 5.67. The summed E-state index contributed by atoms with van der Waals surface area (Å²) in [5, 5.41) is 0. The topological polar surface area (TPSA) is 55.6 Å². The van der Waals surface area contributed by atoms with E-state index in [1.807, 2.05) is 42.2 Å². The Morgan fingerprint density at radius 3 is 2.85 bits per heavy atom. The van der Waals surface area contributed by atoms with E-state index in [4.69, 9.17) is 10.5 Å². The minimum atomic E-state index is -0.221. The monoisotopic (exact) mass is 276 g/mol. The maximum Gasteiger partial charge on any atom is 0.410 e. The van der Waals surface area contributed by atoms with Gasteiger partial charge in [-0.2, -0.15) is 0 Å². The van der Waals surface area contributed by atoms with Crippen molar-refractivity contribution in [3.8, 4) is 0 Å². The van der Waals surface area contributed by atoms with Gasteiger partial charge in [-0.05, 0) is 31.2 Å². The molecule has 0 radical (unpaired) electrons. The van der Waals surface area contributed by atoms with Crippen LogP contribution < -0.4 is 5.73 Å². The van der Waals surface area contributed by atoms with Crippen molar-refractivity contribution in [1.29, 1.82) is 0 Å². The molecule has 0 aromatic heterocycles. The average molecular weight is 276 g/mol. The van der Waals surface area contributed by atoms with Gasteiger partial charge < -0.3 is 15.4 Å². The van der Waals surface area contributed by atoms with Crippen molar-refractivity contribution in [3.63, 3.8) is 0 Å². The molecule has 1 saturated heterocycles. The molecule has 2 rings (SSSR count). The molecule has 2 atom stereocenters. The fourth-order valence-electron chi connectivity index (χ4n) is 2.58. The lowest BCUT2D eigenvalue weighted by atomic mass is 9.97. The summed E-state index contributed by atoms with van der Waals surface area (Å²) >= 11 is 0. The van der Waals surface area contributed by atoms with E-state index >= 15 is 0 Å². The van der Waals surface area contributed by atoms with Crippen molar-refractivity contribution >= 4 is 6.09 Å². The molecule has 4 nitrogen and oxygen atoms in total. The SMILES string of the molecule is CC(N)C1CCCCN(C(=O)OCc2ccccc2)C1. The third-order valence-electron chi connectivity index (χ3n) is 3.91. The molecule has 2 unspecified atom stereocenters. The van der Waals surface area contributed by atoms with Gasteiger partial charge in [0.2, 0.25) is 0 Å². The van der Waals surface area contributed by atoms with Gasteiger partial charge in [-0.25, -0.2) is 4.79 Å². The van der Waals surface area contributed by atoms with Crippen LogP contribution in [0.4, 0.5) is 4.79 Å². The summed E-state index contributed by atoms with van der Waals surface area (Å²) in [6, 6.07) is 9.88. The molecule has 1 amide bonds. The Hall–Kier alpha value is -1.55. The van der Waals surface area contributed by atoms with Gasteiger partial charge in [-0.3, -0.25) is 0 Å². The number of nitrogens with two attached hydrogens (primary N) is 1. The van der Waals surface area contributed by atoms with Gasteiger partial charge in [-0.15, -0.1) is 0 Å². The fourth-order valence-corrected chi connectivity index (χ4v) is 2.58. The average Bonchev–Trinajstić information content (AvgIpc) is 2.72. The van der Waals surface area contributed by atoms with E-state index in [0.717, 1.165) is 31.4 Å². The van der Waals surface area contributed by atoms with Crippen LogP contribution in [-0.4, -0.2) is 30.1 Å². The molecule has 1 heterocycles. The molecule has 4 heteroatoms. The second-order valence-corrected chi connectivity index (χ2v) is 5.60. The van der Waals surface area contributed by atoms with Crippen LogP contribution in [0.2, 0.25) is 0 Å². The van der Waals surface area contributed by atoms with Gasteiger partial charge in [0.25, 0.3) is 0 Å². The highest BCUT2D eigenvalue weighted by atomic mass is 16.6. The molecule has 0 aliphatic carbocycles. The fraction of sp³-hybridized carbons (Fsp3) is 0.562. The Morgan fingerprint density at radius 2 is 2.15 bits per heavy atom. The number of ether oxygens (including phenoxy) is 1. The van der Waals surface area contributed by atoms with Crippen LogP contribution in [0.3, 0.4) is 0 Å². The Labute approximate surface area is 120 Å². The third kappa shape index (κ3) is 4.23. The van der Waals surface area contributed by atoms with Gasteiger partial charge in [0.1, 0.15) is 6.61 Å². The minimum absolute atomic E-state index is 0.123. The van der Waals surface area contributed by atoms with E-state index in [-0.39, 0.29) is 12.1 Å². The molecule has 0 bridgehead atoms. The Morgan fingerprint density at radius 1 is 1.40 bits per heavy atom. The first kappa shape index (κ1) is 14.9. The van der Waals surface area contributed by atoms with Crippen LogP contribution in [0.5, 0.6) is 0 Å². The highest BCUT2D eigenvalue weighted by Gasteiger charge is 2.25. The van der Waals surface area contributed by atoms with E-state index in [1.54, 1.807) is 0 Å². The molecule has 0 saturated carbocycles. The predicted octanol–water partition coefficient (Wildman–Crippen LogP) is 2.77. The molecule has 20 heavy (non-hydrogen) atoms. The third-order valence-corrected chi connectivity index (χ3v) is 3.91. The van der Waals surface area contributed by atoms with Crippen molar-refractivity contribution in [3.05, 3.63) is 35.9 Å². The molecule has 1 fully saturated rings. The van der Waals surface area contributed by atoms with Crippen LogP contribution >= 0.6 is 0 Å². The normalized spacial score (nSPS) is 21.1. The zero-order valence-corrected chi connectivity index (χ0v) is 12.1. The van der Waals surface area contributed by atoms with E-state index in [0.29, 0.717) is 19.1 Å². The largest absolute Gasteiger partial charge is 0.445 e. The number of likely N-dealkylation sites (tertiary alicyclic amines) is 1. The summed E-state index contributed by atoms with van der Waals surface area (Å²) in [5.41, 5.74) is 7.00. The van der Waals surface area contributed by atoms with Crippen molar-refractivity contribution in [2.75, 3.05) is 13.1 Å². The lowest BCUT2D eigenvalue weighted by molar-refractivity contribution is 0.0919. The van der Waals surface area contributed by atoms with Crippen molar-refractivity contribution in [1.82, 2.24) is 4.90 Å². The molecule has 1 aliphatic heterocycles. The van der Waals surface area contributed by atoms with Crippen LogP contribution in [0.15, 0.2) is 30.3 Å². The van der Waals surface area contributed by atoms with Gasteiger partial charge in [-0.1, -0.05) is 36.8 Å². The molecule has 1 aromatic carbocycles. The van der Waals surface area contributed by atoms with Crippen LogP contribution in [0.25, 0.3) is 0 Å². The summed E-state index contributed by atoms with van der Waals surface area (Å²) in [7, 11) is 0. The number of carbonyl (C=O) groups excluding carboxylic acids is 1. The van der Waals surface area contributed by atoms with Crippen LogP contribution in [-0.2, 0) is 11.3 Å². The molecule has 2 N–H and O–H groups in total. The van der Waals surface area contributed by atoms with E-state index in [1.165, 1.54) is 0 Å². The maximum atomic E-state index is 12.2. The highest BCUT2D eigenvalue weighted by Crippen LogP contribution is 2.19. The lowest BCUT2D eigenvalue weighted by Crippen LogP contribution is -2.40. The van der Waals surface area contributed by atoms with Gasteiger partial charge in [0.05, 0.1) is 0 Å². The molecular formula is C16H24N2O2. The first-order chi connectivity index (χ1) is 9.66. The Balaban J connectivity index is 1.87. The van der Waals surface area contributed by atoms with Crippen molar-refractivity contribution < 1.29 is 9.53 Å². The van der Waals surface area contributed by atoms with E-state index in [9.17, 15) is 4.79 Å². The number of hydrogen-bond donors (Lipinski definition) is 1. The number of rotatable bonds is 3. The van der Waals surface area contributed by atoms with Crippen LogP contribution in [0, 0.1) is 5.92 Å². The quantitative estimate of drug-likeness (QED) is 0.923. The summed E-state index contributed by atoms with van der Waals surface area (Å²) in [4.78, 5) is 14.0. The van der Waals surface area contributed by atoms with E-state index < -0.39 is 0 Å². The van der Waals surface area contributed by atoms with Crippen molar-refractivity contribution in [2.45, 2.75) is 38.8 Å². The first-order valence-corrected chi connectivity index (χ1v) is 7.38. The zero-order chi connectivity index (χ0) is 14.4.